The van der Waals surface area contributed by atoms with Crippen molar-refractivity contribution in [1.29, 1.82) is 0 Å². The molecule has 6 heteroatoms. The predicted octanol–water partition coefficient (Wildman–Crippen LogP) is 10.6. The molecule has 0 radical (unpaired) electrons. The van der Waals surface area contributed by atoms with E-state index in [0.29, 0.717) is 39.3 Å². The average Bonchev–Trinajstić information content (AvgIpc) is 2.98. The minimum absolute atomic E-state index is 0.0577. The Morgan fingerprint density at radius 2 is 0.636 bits per heavy atom. The Hall–Kier alpha value is -1.66. The van der Waals surface area contributed by atoms with Crippen LogP contribution in [0.4, 0.5) is 0 Å². The summed E-state index contributed by atoms with van der Waals surface area (Å²) in [6, 6.07) is 0. The van der Waals surface area contributed by atoms with Crippen molar-refractivity contribution in [3.63, 3.8) is 0 Å². The second-order valence-corrected chi connectivity index (χ2v) is 12.7. The quantitative estimate of drug-likeness (QED) is 0.0398. The van der Waals surface area contributed by atoms with E-state index in [1.165, 1.54) is 64.2 Å². The molecule has 0 aliphatic rings. The summed E-state index contributed by atoms with van der Waals surface area (Å²) in [6.45, 7) is 15.8. The van der Waals surface area contributed by atoms with Gasteiger partial charge in [0.15, 0.2) is 0 Å². The van der Waals surface area contributed by atoms with Crippen molar-refractivity contribution < 1.29 is 28.5 Å². The summed E-state index contributed by atoms with van der Waals surface area (Å²) in [7, 11) is 0. The molecule has 0 unspecified atom stereocenters. The Bertz CT molecular complexity index is 631. The molecule has 0 fully saturated rings. The number of carbonyl (C=O) groups excluding carboxylic acids is 2. The Kier molecular flexibility index (Phi) is 32.9. The normalized spacial score (nSPS) is 11.0. The highest BCUT2D eigenvalue weighted by atomic mass is 16.5. The van der Waals surface area contributed by atoms with Gasteiger partial charge in [0.25, 0.3) is 0 Å². The van der Waals surface area contributed by atoms with E-state index in [2.05, 4.69) is 13.2 Å². The van der Waals surface area contributed by atoms with Crippen LogP contribution in [0.2, 0.25) is 0 Å². The summed E-state index contributed by atoms with van der Waals surface area (Å²) in [6.07, 6.45) is 26.1. The van der Waals surface area contributed by atoms with E-state index in [1.54, 1.807) is 0 Å². The van der Waals surface area contributed by atoms with Crippen molar-refractivity contribution in [2.45, 2.75) is 168 Å². The highest BCUT2D eigenvalue weighted by molar-refractivity contribution is 5.69. The standard InChI is InChI=1S/C38H70O6/c1-35(2)33-41-29-23-17-11-5-7-13-19-25-31-43-37(39)27-21-15-9-10-16-22-28-38(40)44-32-26-20-14-8-6-12-18-24-30-42-34-36(3)4/h1,3,5-34H2,2,4H3. The lowest BCUT2D eigenvalue weighted by Crippen LogP contribution is -2.06. The highest BCUT2D eigenvalue weighted by Gasteiger charge is 2.05. The van der Waals surface area contributed by atoms with E-state index in [9.17, 15) is 9.59 Å². The topological polar surface area (TPSA) is 71.1 Å². The van der Waals surface area contributed by atoms with E-state index in [0.717, 1.165) is 101 Å². The summed E-state index contributed by atoms with van der Waals surface area (Å²) in [5.41, 5.74) is 2.17. The second kappa shape index (κ2) is 34.2. The van der Waals surface area contributed by atoms with Gasteiger partial charge >= 0.3 is 11.9 Å². The Balaban J connectivity index is 3.26. The monoisotopic (exact) mass is 623 g/mol. The largest absolute Gasteiger partial charge is 0.466 e. The average molecular weight is 623 g/mol. The summed E-state index contributed by atoms with van der Waals surface area (Å²) in [5, 5.41) is 0. The first-order valence-electron chi connectivity index (χ1n) is 18.2. The molecule has 0 bridgehead atoms. The molecule has 0 aromatic rings. The lowest BCUT2D eigenvalue weighted by atomic mass is 10.1. The van der Waals surface area contributed by atoms with Gasteiger partial charge in [-0.1, -0.05) is 127 Å². The molecule has 0 heterocycles. The molecule has 0 saturated carbocycles. The van der Waals surface area contributed by atoms with Gasteiger partial charge in [0, 0.05) is 26.1 Å². The fourth-order valence-corrected chi connectivity index (χ4v) is 4.99. The Morgan fingerprint density at radius 1 is 0.386 bits per heavy atom. The van der Waals surface area contributed by atoms with Crippen LogP contribution in [0.25, 0.3) is 0 Å². The number of ether oxygens (including phenoxy) is 4. The van der Waals surface area contributed by atoms with Gasteiger partial charge in [0.05, 0.1) is 26.4 Å². The van der Waals surface area contributed by atoms with Crippen molar-refractivity contribution in [2.24, 2.45) is 0 Å². The van der Waals surface area contributed by atoms with Crippen LogP contribution in [0.3, 0.4) is 0 Å². The van der Waals surface area contributed by atoms with Gasteiger partial charge in [-0.2, -0.15) is 0 Å². The minimum Gasteiger partial charge on any atom is -0.466 e. The number of rotatable bonds is 35. The SMILES string of the molecule is C=C(C)COCCCCCCCCCCOC(=O)CCCCCCCCC(=O)OCCCCCCCCCCOCC(=C)C. The third kappa shape index (κ3) is 36.5. The summed E-state index contributed by atoms with van der Waals surface area (Å²) >= 11 is 0. The number of hydrogen-bond acceptors (Lipinski definition) is 6. The van der Waals surface area contributed by atoms with Crippen molar-refractivity contribution >= 4 is 11.9 Å². The smallest absolute Gasteiger partial charge is 0.305 e. The number of unbranched alkanes of at least 4 members (excludes halogenated alkanes) is 19. The lowest BCUT2D eigenvalue weighted by molar-refractivity contribution is -0.144. The molecular weight excluding hydrogens is 552 g/mol. The van der Waals surface area contributed by atoms with Gasteiger partial charge in [0.1, 0.15) is 0 Å². The molecule has 0 aromatic heterocycles. The number of esters is 2. The Labute approximate surface area is 272 Å². The van der Waals surface area contributed by atoms with Crippen LogP contribution in [0.5, 0.6) is 0 Å². The molecule has 0 rings (SSSR count). The molecule has 0 N–H and O–H groups in total. The van der Waals surface area contributed by atoms with Crippen molar-refractivity contribution in [1.82, 2.24) is 0 Å². The van der Waals surface area contributed by atoms with Gasteiger partial charge in [-0.3, -0.25) is 9.59 Å². The third-order valence-corrected chi connectivity index (χ3v) is 7.60. The molecular formula is C38H70O6. The molecule has 258 valence electrons. The van der Waals surface area contributed by atoms with Crippen LogP contribution < -0.4 is 0 Å². The first kappa shape index (κ1) is 42.3. The van der Waals surface area contributed by atoms with Crippen molar-refractivity contribution in [3.05, 3.63) is 24.3 Å². The van der Waals surface area contributed by atoms with Crippen LogP contribution in [0.15, 0.2) is 24.3 Å². The second-order valence-electron chi connectivity index (χ2n) is 12.7. The van der Waals surface area contributed by atoms with Crippen LogP contribution in [0, 0.1) is 0 Å². The highest BCUT2D eigenvalue weighted by Crippen LogP contribution is 2.12. The molecule has 0 aliphatic carbocycles. The Morgan fingerprint density at radius 3 is 0.932 bits per heavy atom. The zero-order valence-electron chi connectivity index (χ0n) is 29.1. The van der Waals surface area contributed by atoms with Crippen LogP contribution in [0.1, 0.15) is 168 Å². The maximum atomic E-state index is 11.9. The van der Waals surface area contributed by atoms with Gasteiger partial charge < -0.3 is 18.9 Å². The zero-order valence-corrected chi connectivity index (χ0v) is 29.1. The van der Waals surface area contributed by atoms with Crippen LogP contribution in [-0.4, -0.2) is 51.6 Å². The maximum Gasteiger partial charge on any atom is 0.305 e. The van der Waals surface area contributed by atoms with Crippen molar-refractivity contribution in [3.8, 4) is 0 Å². The minimum atomic E-state index is -0.0577. The molecule has 0 spiro atoms. The molecule has 0 aliphatic heterocycles. The molecule has 44 heavy (non-hydrogen) atoms. The van der Waals surface area contributed by atoms with Gasteiger partial charge in [0.2, 0.25) is 0 Å². The zero-order chi connectivity index (χ0) is 32.4. The van der Waals surface area contributed by atoms with E-state index < -0.39 is 0 Å². The maximum absolute atomic E-state index is 11.9. The number of carbonyl (C=O) groups is 2. The first-order chi connectivity index (χ1) is 21.4. The molecule has 0 aromatic carbocycles. The lowest BCUT2D eigenvalue weighted by Gasteiger charge is -2.06. The fraction of sp³-hybridized carbons (Fsp3) is 0.842. The van der Waals surface area contributed by atoms with Gasteiger partial charge in [-0.15, -0.1) is 0 Å². The van der Waals surface area contributed by atoms with E-state index >= 15 is 0 Å². The summed E-state index contributed by atoms with van der Waals surface area (Å²) in [4.78, 5) is 23.8. The van der Waals surface area contributed by atoms with Crippen molar-refractivity contribution in [2.75, 3.05) is 39.6 Å². The van der Waals surface area contributed by atoms with Crippen LogP contribution >= 0.6 is 0 Å². The van der Waals surface area contributed by atoms with Gasteiger partial charge in [-0.05, 0) is 52.4 Å². The summed E-state index contributed by atoms with van der Waals surface area (Å²) < 4.78 is 21.8. The molecule has 0 saturated heterocycles. The van der Waals surface area contributed by atoms with E-state index in [-0.39, 0.29) is 11.9 Å². The van der Waals surface area contributed by atoms with E-state index in [4.69, 9.17) is 18.9 Å². The third-order valence-electron chi connectivity index (χ3n) is 7.60. The van der Waals surface area contributed by atoms with E-state index in [1.807, 2.05) is 13.8 Å². The van der Waals surface area contributed by atoms with Crippen LogP contribution in [-0.2, 0) is 28.5 Å². The molecule has 0 atom stereocenters. The summed E-state index contributed by atoms with van der Waals surface area (Å²) in [5.74, 6) is -0.115. The predicted molar refractivity (Wildman–Crippen MR) is 184 cm³/mol. The van der Waals surface area contributed by atoms with Gasteiger partial charge in [-0.25, -0.2) is 0 Å². The number of hydrogen-bond donors (Lipinski definition) is 0. The molecule has 6 nitrogen and oxygen atoms in total. The molecule has 0 amide bonds. The fourth-order valence-electron chi connectivity index (χ4n) is 4.99. The first-order valence-corrected chi connectivity index (χ1v) is 18.2.